The Labute approximate surface area is 184 Å². The van der Waals surface area contributed by atoms with Crippen LogP contribution in [0.1, 0.15) is 34.3 Å². The molecular formula is C25H23F3N2O2. The second kappa shape index (κ2) is 10.1. The van der Waals surface area contributed by atoms with Gasteiger partial charge in [0.25, 0.3) is 0 Å². The number of benzene rings is 3. The number of carboxylic acids is 1. The molecule has 0 saturated carbocycles. The zero-order valence-corrected chi connectivity index (χ0v) is 17.4. The first-order valence-corrected chi connectivity index (χ1v) is 10.0. The molecule has 0 unspecified atom stereocenters. The number of carbonyl (C=O) groups is 1. The van der Waals surface area contributed by atoms with Crippen LogP contribution < -0.4 is 5.32 Å². The maximum absolute atomic E-state index is 10.6. The Kier molecular flexibility index (Phi) is 7.30. The highest BCUT2D eigenvalue weighted by Crippen LogP contribution is 2.36. The van der Waals surface area contributed by atoms with Crippen LogP contribution in [0.3, 0.4) is 0 Å². The van der Waals surface area contributed by atoms with E-state index < -0.39 is 12.1 Å². The summed E-state index contributed by atoms with van der Waals surface area (Å²) in [6.07, 6.45) is -4.24. The van der Waals surface area contributed by atoms with E-state index in [1.54, 1.807) is 0 Å². The molecule has 2 atom stereocenters. The highest BCUT2D eigenvalue weighted by Gasteiger charge is 2.38. The molecule has 7 heteroatoms. The molecule has 0 aromatic heterocycles. The summed E-state index contributed by atoms with van der Waals surface area (Å²) in [6, 6.07) is 30.0. The Morgan fingerprint density at radius 2 is 1.41 bits per heavy atom. The van der Waals surface area contributed by atoms with Crippen molar-refractivity contribution >= 4 is 11.8 Å². The summed E-state index contributed by atoms with van der Waals surface area (Å²) >= 11 is 0. The molecule has 0 aliphatic carbocycles. The highest BCUT2D eigenvalue weighted by molar-refractivity contribution is 5.87. The number of carboxylic acid groups (broad SMARTS) is 1. The van der Waals surface area contributed by atoms with Crippen LogP contribution in [0.2, 0.25) is 0 Å². The van der Waals surface area contributed by atoms with Crippen LogP contribution in [0.4, 0.5) is 13.2 Å². The Morgan fingerprint density at radius 1 is 0.906 bits per heavy atom. The number of alkyl halides is 3. The van der Waals surface area contributed by atoms with Crippen LogP contribution in [-0.2, 0) is 11.2 Å². The van der Waals surface area contributed by atoms with Gasteiger partial charge in [-0.3, -0.25) is 4.99 Å². The zero-order chi connectivity index (χ0) is 23.1. The molecule has 166 valence electrons. The Hall–Kier alpha value is -3.61. The maximum atomic E-state index is 10.6. The third-order valence-corrected chi connectivity index (χ3v) is 5.09. The van der Waals surface area contributed by atoms with Crippen molar-refractivity contribution in [1.82, 2.24) is 5.32 Å². The van der Waals surface area contributed by atoms with Crippen LogP contribution >= 0.6 is 0 Å². The van der Waals surface area contributed by atoms with Crippen molar-refractivity contribution in [3.63, 3.8) is 0 Å². The monoisotopic (exact) mass is 440 g/mol. The summed E-state index contributed by atoms with van der Waals surface area (Å²) in [5.74, 6) is -1.69. The first-order chi connectivity index (χ1) is 15.3. The lowest BCUT2D eigenvalue weighted by atomic mass is 9.95. The SMILES string of the molecule is Cc1ccccc1CC1=N[C@H](c2ccccc2)[C@H](c2ccccc2)N1.O=C(O)C(F)(F)F. The van der Waals surface area contributed by atoms with Crippen molar-refractivity contribution in [1.29, 1.82) is 0 Å². The minimum atomic E-state index is -5.08. The van der Waals surface area contributed by atoms with Gasteiger partial charge in [-0.2, -0.15) is 13.2 Å². The second-order valence-electron chi connectivity index (χ2n) is 7.37. The molecule has 1 aliphatic heterocycles. The summed E-state index contributed by atoms with van der Waals surface area (Å²) in [6.45, 7) is 2.16. The van der Waals surface area contributed by atoms with Crippen LogP contribution in [0.5, 0.6) is 0 Å². The van der Waals surface area contributed by atoms with E-state index in [2.05, 4.69) is 97.2 Å². The van der Waals surface area contributed by atoms with Gasteiger partial charge in [0.2, 0.25) is 0 Å². The van der Waals surface area contributed by atoms with Crippen LogP contribution in [0.15, 0.2) is 89.9 Å². The third kappa shape index (κ3) is 5.97. The van der Waals surface area contributed by atoms with E-state index in [9.17, 15) is 13.2 Å². The number of aliphatic imine (C=N–C) groups is 1. The van der Waals surface area contributed by atoms with Crippen molar-refractivity contribution in [3.05, 3.63) is 107 Å². The summed E-state index contributed by atoms with van der Waals surface area (Å²) in [5.41, 5.74) is 5.17. The summed E-state index contributed by atoms with van der Waals surface area (Å²) in [5, 5.41) is 10.8. The number of nitrogens with zero attached hydrogens (tertiary/aromatic N) is 1. The average molecular weight is 440 g/mol. The van der Waals surface area contributed by atoms with Gasteiger partial charge in [0.15, 0.2) is 0 Å². The fraction of sp³-hybridized carbons (Fsp3) is 0.200. The van der Waals surface area contributed by atoms with Gasteiger partial charge in [-0.05, 0) is 29.2 Å². The molecule has 0 spiro atoms. The lowest BCUT2D eigenvalue weighted by Gasteiger charge is -2.19. The molecule has 0 radical (unpaired) electrons. The number of aliphatic carboxylic acids is 1. The van der Waals surface area contributed by atoms with E-state index >= 15 is 0 Å². The molecule has 0 saturated heterocycles. The molecule has 3 aromatic rings. The van der Waals surface area contributed by atoms with Crippen molar-refractivity contribution in [2.75, 3.05) is 0 Å². The molecule has 2 N–H and O–H groups in total. The standard InChI is InChI=1S/C23H22N2.C2HF3O2/c1-17-10-8-9-15-20(17)16-21-24-22(18-11-4-2-5-12-18)23(25-21)19-13-6-3-7-14-19;3-2(4,5)1(6)7/h2-15,22-23H,16H2,1H3,(H,24,25);(H,6,7)/t22-,23+;. The molecule has 3 aromatic carbocycles. The van der Waals surface area contributed by atoms with Gasteiger partial charge in [0.05, 0.1) is 6.04 Å². The molecule has 0 fully saturated rings. The van der Waals surface area contributed by atoms with E-state index in [1.807, 2.05) is 0 Å². The second-order valence-corrected chi connectivity index (χ2v) is 7.37. The topological polar surface area (TPSA) is 61.7 Å². The van der Waals surface area contributed by atoms with Crippen molar-refractivity contribution in [2.45, 2.75) is 31.6 Å². The van der Waals surface area contributed by atoms with Gasteiger partial charge in [-0.1, -0.05) is 84.9 Å². The lowest BCUT2D eigenvalue weighted by Crippen LogP contribution is -2.25. The van der Waals surface area contributed by atoms with Gasteiger partial charge in [-0.15, -0.1) is 0 Å². The summed E-state index contributed by atoms with van der Waals surface area (Å²) in [4.78, 5) is 14.0. The van der Waals surface area contributed by atoms with E-state index in [-0.39, 0.29) is 12.1 Å². The van der Waals surface area contributed by atoms with Crippen LogP contribution in [0, 0.1) is 6.92 Å². The van der Waals surface area contributed by atoms with Gasteiger partial charge in [0.1, 0.15) is 11.9 Å². The van der Waals surface area contributed by atoms with E-state index in [1.165, 1.54) is 22.3 Å². The van der Waals surface area contributed by atoms with Crippen molar-refractivity contribution in [2.24, 2.45) is 4.99 Å². The minimum absolute atomic E-state index is 0.114. The Morgan fingerprint density at radius 3 is 1.94 bits per heavy atom. The first kappa shape index (κ1) is 23.1. The van der Waals surface area contributed by atoms with Gasteiger partial charge >= 0.3 is 12.1 Å². The fourth-order valence-corrected chi connectivity index (χ4v) is 3.47. The highest BCUT2D eigenvalue weighted by atomic mass is 19.4. The minimum Gasteiger partial charge on any atom is -0.475 e. The van der Waals surface area contributed by atoms with Gasteiger partial charge in [0, 0.05) is 6.42 Å². The van der Waals surface area contributed by atoms with Crippen molar-refractivity contribution in [3.8, 4) is 0 Å². The molecule has 4 rings (SSSR count). The van der Waals surface area contributed by atoms with E-state index in [0.717, 1.165) is 12.3 Å². The quantitative estimate of drug-likeness (QED) is 0.551. The van der Waals surface area contributed by atoms with E-state index in [0.29, 0.717) is 0 Å². The summed E-state index contributed by atoms with van der Waals surface area (Å²) < 4.78 is 31.7. The molecular weight excluding hydrogens is 417 g/mol. The molecule has 0 amide bonds. The number of rotatable bonds is 4. The third-order valence-electron chi connectivity index (χ3n) is 5.09. The molecule has 1 heterocycles. The maximum Gasteiger partial charge on any atom is 0.490 e. The number of nitrogens with one attached hydrogen (secondary N) is 1. The predicted molar refractivity (Wildman–Crippen MR) is 118 cm³/mol. The molecule has 1 aliphatic rings. The number of hydrogen-bond acceptors (Lipinski definition) is 3. The largest absolute Gasteiger partial charge is 0.490 e. The smallest absolute Gasteiger partial charge is 0.475 e. The van der Waals surface area contributed by atoms with Crippen LogP contribution in [0.25, 0.3) is 0 Å². The van der Waals surface area contributed by atoms with E-state index in [4.69, 9.17) is 14.9 Å². The molecule has 4 nitrogen and oxygen atoms in total. The predicted octanol–water partition coefficient (Wildman–Crippen LogP) is 5.66. The summed E-state index contributed by atoms with van der Waals surface area (Å²) in [7, 11) is 0. The van der Waals surface area contributed by atoms with Crippen molar-refractivity contribution < 1.29 is 23.1 Å². The number of amidine groups is 1. The normalized spacial score (nSPS) is 17.6. The number of hydrogen-bond donors (Lipinski definition) is 2. The molecule has 32 heavy (non-hydrogen) atoms. The molecule has 0 bridgehead atoms. The number of aryl methyl sites for hydroxylation is 1. The fourth-order valence-electron chi connectivity index (χ4n) is 3.47. The van der Waals surface area contributed by atoms with Gasteiger partial charge in [-0.25, -0.2) is 4.79 Å². The Balaban J connectivity index is 0.000000360. The Bertz CT molecular complexity index is 1070. The lowest BCUT2D eigenvalue weighted by molar-refractivity contribution is -0.192. The van der Waals surface area contributed by atoms with Gasteiger partial charge < -0.3 is 10.4 Å². The first-order valence-electron chi connectivity index (χ1n) is 10.0. The zero-order valence-electron chi connectivity index (χ0n) is 17.4. The van der Waals surface area contributed by atoms with Crippen LogP contribution in [-0.4, -0.2) is 23.1 Å². The average Bonchev–Trinajstić information content (AvgIpc) is 3.20. The number of halogens is 3.